The Labute approximate surface area is 116 Å². The lowest BCUT2D eigenvalue weighted by Gasteiger charge is -2.29. The van der Waals surface area contributed by atoms with E-state index in [9.17, 15) is 4.79 Å². The Balaban J connectivity index is 2.06. The van der Waals surface area contributed by atoms with Crippen molar-refractivity contribution in [3.8, 4) is 0 Å². The van der Waals surface area contributed by atoms with Gasteiger partial charge < -0.3 is 0 Å². The third-order valence-corrected chi connectivity index (χ3v) is 4.38. The van der Waals surface area contributed by atoms with E-state index in [1.54, 1.807) is 0 Å². The zero-order valence-corrected chi connectivity index (χ0v) is 12.6. The summed E-state index contributed by atoms with van der Waals surface area (Å²) in [5, 5.41) is 0. The first-order chi connectivity index (χ1) is 8.97. The molecule has 1 aliphatic heterocycles. The molecule has 2 nitrogen and oxygen atoms in total. The molecule has 0 saturated carbocycles. The highest BCUT2D eigenvalue weighted by Crippen LogP contribution is 2.19. The Hall–Kier alpha value is -1.15. The van der Waals surface area contributed by atoms with Crippen LogP contribution in [-0.4, -0.2) is 30.3 Å². The molecule has 0 bridgehead atoms. The first-order valence-electron chi connectivity index (χ1n) is 7.30. The molecule has 2 heteroatoms. The van der Waals surface area contributed by atoms with Gasteiger partial charge in [-0.1, -0.05) is 13.0 Å². The fourth-order valence-corrected chi connectivity index (χ4v) is 2.77. The number of piperidine rings is 1. The summed E-state index contributed by atoms with van der Waals surface area (Å²) in [5.41, 5.74) is 4.49. The number of aryl methyl sites for hydroxylation is 3. The number of nitrogens with zero attached hydrogens (tertiary/aromatic N) is 1. The molecule has 1 aliphatic rings. The van der Waals surface area contributed by atoms with Crippen LogP contribution in [0.1, 0.15) is 46.8 Å². The second-order valence-electron chi connectivity index (χ2n) is 6.13. The van der Waals surface area contributed by atoms with E-state index in [4.69, 9.17) is 0 Å². The molecule has 0 spiro atoms. The molecule has 0 aliphatic carbocycles. The molecule has 0 radical (unpaired) electrons. The maximum atomic E-state index is 12.4. The second-order valence-corrected chi connectivity index (χ2v) is 6.13. The average molecular weight is 259 g/mol. The van der Waals surface area contributed by atoms with Crippen LogP contribution >= 0.6 is 0 Å². The maximum Gasteiger partial charge on any atom is 0.177 e. The number of carbonyl (C=O) groups is 1. The number of benzene rings is 1. The normalized spacial score (nSPS) is 17.7. The van der Waals surface area contributed by atoms with Crippen molar-refractivity contribution in [2.75, 3.05) is 19.6 Å². The molecule has 1 aromatic carbocycles. The minimum Gasteiger partial charge on any atom is -0.296 e. The first kappa shape index (κ1) is 14.3. The summed E-state index contributed by atoms with van der Waals surface area (Å²) in [7, 11) is 0. The highest BCUT2D eigenvalue weighted by Gasteiger charge is 2.19. The molecular formula is C17H25NO. The van der Waals surface area contributed by atoms with Gasteiger partial charge in [0.1, 0.15) is 0 Å². The Kier molecular flexibility index (Phi) is 4.41. The van der Waals surface area contributed by atoms with Gasteiger partial charge in [-0.05, 0) is 75.4 Å². The van der Waals surface area contributed by atoms with Crippen LogP contribution < -0.4 is 0 Å². The van der Waals surface area contributed by atoms with E-state index in [0.717, 1.165) is 30.1 Å². The van der Waals surface area contributed by atoms with Crippen LogP contribution in [0.2, 0.25) is 0 Å². The van der Waals surface area contributed by atoms with E-state index in [1.807, 2.05) is 6.92 Å². The highest BCUT2D eigenvalue weighted by atomic mass is 16.1. The molecular weight excluding hydrogens is 234 g/mol. The Morgan fingerprint density at radius 3 is 2.32 bits per heavy atom. The Bertz CT molecular complexity index is 470. The van der Waals surface area contributed by atoms with Gasteiger partial charge in [0.25, 0.3) is 0 Å². The summed E-state index contributed by atoms with van der Waals surface area (Å²) in [6.45, 7) is 11.2. The molecule has 1 fully saturated rings. The standard InChI is InChI=1S/C17H25NO/c1-12-5-7-18(8-6-12)11-17(19)16-10-14(3)13(2)9-15(16)4/h9-10,12H,5-8,11H2,1-4H3. The smallest absolute Gasteiger partial charge is 0.177 e. The van der Waals surface area contributed by atoms with Gasteiger partial charge in [-0.15, -0.1) is 0 Å². The predicted molar refractivity (Wildman–Crippen MR) is 79.8 cm³/mol. The largest absolute Gasteiger partial charge is 0.296 e. The topological polar surface area (TPSA) is 20.3 Å². The van der Waals surface area contributed by atoms with Gasteiger partial charge in [-0.2, -0.15) is 0 Å². The van der Waals surface area contributed by atoms with Crippen molar-refractivity contribution in [1.82, 2.24) is 4.90 Å². The number of Topliss-reactive ketones (excluding diaryl/α,β-unsaturated/α-hetero) is 1. The van der Waals surface area contributed by atoms with Crippen LogP contribution in [0.15, 0.2) is 12.1 Å². The molecule has 0 N–H and O–H groups in total. The zero-order valence-electron chi connectivity index (χ0n) is 12.6. The van der Waals surface area contributed by atoms with Gasteiger partial charge in [0.15, 0.2) is 5.78 Å². The summed E-state index contributed by atoms with van der Waals surface area (Å²) in [4.78, 5) is 14.7. The number of carbonyl (C=O) groups excluding carboxylic acids is 1. The van der Waals surface area contributed by atoms with Gasteiger partial charge >= 0.3 is 0 Å². The molecule has 1 heterocycles. The van der Waals surface area contributed by atoms with E-state index in [-0.39, 0.29) is 5.78 Å². The molecule has 1 saturated heterocycles. The maximum absolute atomic E-state index is 12.4. The van der Waals surface area contributed by atoms with Crippen molar-refractivity contribution in [3.05, 3.63) is 34.4 Å². The molecule has 104 valence electrons. The van der Waals surface area contributed by atoms with Crippen LogP contribution in [0.25, 0.3) is 0 Å². The average Bonchev–Trinajstić information content (AvgIpc) is 2.36. The summed E-state index contributed by atoms with van der Waals surface area (Å²) >= 11 is 0. The first-order valence-corrected chi connectivity index (χ1v) is 7.30. The van der Waals surface area contributed by atoms with Crippen molar-refractivity contribution >= 4 is 5.78 Å². The van der Waals surface area contributed by atoms with Crippen LogP contribution in [0.3, 0.4) is 0 Å². The fourth-order valence-electron chi connectivity index (χ4n) is 2.77. The van der Waals surface area contributed by atoms with Crippen LogP contribution in [0.4, 0.5) is 0 Å². The second kappa shape index (κ2) is 5.87. The van der Waals surface area contributed by atoms with Gasteiger partial charge in [-0.25, -0.2) is 0 Å². The van der Waals surface area contributed by atoms with Crippen molar-refractivity contribution in [2.24, 2.45) is 5.92 Å². The van der Waals surface area contributed by atoms with Crippen LogP contribution in [0.5, 0.6) is 0 Å². The number of likely N-dealkylation sites (tertiary alicyclic amines) is 1. The molecule has 2 rings (SSSR count). The SMILES string of the molecule is Cc1cc(C)c(C(=O)CN2CCC(C)CC2)cc1C. The molecule has 0 unspecified atom stereocenters. The van der Waals surface area contributed by atoms with Crippen LogP contribution in [0, 0.1) is 26.7 Å². The van der Waals surface area contributed by atoms with Gasteiger partial charge in [0, 0.05) is 5.56 Å². The summed E-state index contributed by atoms with van der Waals surface area (Å²) in [5.74, 6) is 1.09. The lowest BCUT2D eigenvalue weighted by atomic mass is 9.96. The fraction of sp³-hybridized carbons (Fsp3) is 0.588. The summed E-state index contributed by atoms with van der Waals surface area (Å²) in [6.07, 6.45) is 2.44. The monoisotopic (exact) mass is 259 g/mol. The highest BCUT2D eigenvalue weighted by molar-refractivity contribution is 5.99. The lowest BCUT2D eigenvalue weighted by Crippen LogP contribution is -2.37. The van der Waals surface area contributed by atoms with E-state index in [2.05, 4.69) is 37.8 Å². The third-order valence-electron chi connectivity index (χ3n) is 4.38. The number of hydrogen-bond donors (Lipinski definition) is 0. The summed E-state index contributed by atoms with van der Waals surface area (Å²) in [6, 6.07) is 4.18. The van der Waals surface area contributed by atoms with Crippen molar-refractivity contribution < 1.29 is 4.79 Å². The van der Waals surface area contributed by atoms with E-state index < -0.39 is 0 Å². The predicted octanol–water partition coefficient (Wildman–Crippen LogP) is 3.53. The van der Waals surface area contributed by atoms with E-state index >= 15 is 0 Å². The summed E-state index contributed by atoms with van der Waals surface area (Å²) < 4.78 is 0. The minimum atomic E-state index is 0.273. The third kappa shape index (κ3) is 3.44. The molecule has 0 atom stereocenters. The van der Waals surface area contributed by atoms with Crippen molar-refractivity contribution in [3.63, 3.8) is 0 Å². The van der Waals surface area contributed by atoms with Gasteiger partial charge in [0.2, 0.25) is 0 Å². The minimum absolute atomic E-state index is 0.273. The van der Waals surface area contributed by atoms with Gasteiger partial charge in [-0.3, -0.25) is 9.69 Å². The van der Waals surface area contributed by atoms with Crippen molar-refractivity contribution in [1.29, 1.82) is 0 Å². The Morgan fingerprint density at radius 1 is 1.11 bits per heavy atom. The van der Waals surface area contributed by atoms with Gasteiger partial charge in [0.05, 0.1) is 6.54 Å². The molecule has 0 aromatic heterocycles. The zero-order chi connectivity index (χ0) is 14.0. The lowest BCUT2D eigenvalue weighted by molar-refractivity contribution is 0.0899. The molecule has 0 amide bonds. The molecule has 19 heavy (non-hydrogen) atoms. The van der Waals surface area contributed by atoms with E-state index in [0.29, 0.717) is 6.54 Å². The quantitative estimate of drug-likeness (QED) is 0.774. The number of ketones is 1. The number of rotatable bonds is 3. The van der Waals surface area contributed by atoms with Crippen LogP contribution in [-0.2, 0) is 0 Å². The van der Waals surface area contributed by atoms with E-state index in [1.165, 1.54) is 24.0 Å². The Morgan fingerprint density at radius 2 is 1.68 bits per heavy atom. The number of hydrogen-bond acceptors (Lipinski definition) is 2. The van der Waals surface area contributed by atoms with Crippen molar-refractivity contribution in [2.45, 2.75) is 40.5 Å². The molecule has 1 aromatic rings.